The van der Waals surface area contributed by atoms with Crippen LogP contribution in [0.5, 0.6) is 0 Å². The Balaban J connectivity index is 1.60. The average molecular weight is 342 g/mol. The summed E-state index contributed by atoms with van der Waals surface area (Å²) in [6.07, 6.45) is 0. The van der Waals surface area contributed by atoms with Crippen LogP contribution in [0.25, 0.3) is 10.9 Å². The fraction of sp³-hybridized carbons (Fsp3) is 0.294. The molecule has 0 aliphatic carbocycles. The largest absolute Gasteiger partial charge is 0.345 e. The van der Waals surface area contributed by atoms with Gasteiger partial charge in [-0.1, -0.05) is 18.2 Å². The summed E-state index contributed by atoms with van der Waals surface area (Å²) in [7, 11) is 0. The van der Waals surface area contributed by atoms with Gasteiger partial charge in [0.25, 0.3) is 5.91 Å². The highest BCUT2D eigenvalue weighted by Crippen LogP contribution is 2.19. The number of nitrogens with zero attached hydrogens (tertiary/aromatic N) is 3. The first-order valence-electron chi connectivity index (χ1n) is 7.96. The van der Waals surface area contributed by atoms with Gasteiger partial charge in [-0.25, -0.2) is 9.37 Å². The summed E-state index contributed by atoms with van der Waals surface area (Å²) >= 11 is 0. The lowest BCUT2D eigenvalue weighted by molar-refractivity contribution is -0.148. The second-order valence-corrected chi connectivity index (χ2v) is 6.08. The molecule has 8 heteroatoms. The number of carbonyl (C=O) groups excluding carboxylic acids is 3. The van der Waals surface area contributed by atoms with Gasteiger partial charge >= 0.3 is 0 Å². The highest BCUT2D eigenvalue weighted by atomic mass is 19.1. The zero-order valence-electron chi connectivity index (χ0n) is 13.2. The van der Waals surface area contributed by atoms with Crippen LogP contribution in [-0.2, 0) is 9.59 Å². The predicted octanol–water partition coefficient (Wildman–Crippen LogP) is 0.157. The third kappa shape index (κ3) is 2.59. The number of pyridine rings is 1. The molecule has 128 valence electrons. The molecular formula is C17H15FN4O3. The molecule has 1 aromatic carbocycles. The first-order chi connectivity index (χ1) is 12.0. The van der Waals surface area contributed by atoms with E-state index in [2.05, 4.69) is 10.3 Å². The fourth-order valence-corrected chi connectivity index (χ4v) is 3.26. The second-order valence-electron chi connectivity index (χ2n) is 6.08. The van der Waals surface area contributed by atoms with Crippen molar-refractivity contribution in [3.8, 4) is 0 Å². The number of piperazine rings is 2. The van der Waals surface area contributed by atoms with E-state index in [-0.39, 0.29) is 42.0 Å². The molecule has 2 fully saturated rings. The lowest BCUT2D eigenvalue weighted by atomic mass is 10.1. The summed E-state index contributed by atoms with van der Waals surface area (Å²) in [6, 6.07) is 7.10. The normalized spacial score (nSPS) is 20.4. The highest BCUT2D eigenvalue weighted by Gasteiger charge is 2.40. The van der Waals surface area contributed by atoms with Crippen molar-refractivity contribution >= 4 is 28.6 Å². The van der Waals surface area contributed by atoms with E-state index in [1.807, 2.05) is 0 Å². The van der Waals surface area contributed by atoms with E-state index in [0.717, 1.165) is 0 Å². The predicted molar refractivity (Wildman–Crippen MR) is 86.1 cm³/mol. The summed E-state index contributed by atoms with van der Waals surface area (Å²) in [4.78, 5) is 43.7. The van der Waals surface area contributed by atoms with Crippen LogP contribution < -0.4 is 5.32 Å². The van der Waals surface area contributed by atoms with E-state index >= 15 is 0 Å². The highest BCUT2D eigenvalue weighted by molar-refractivity contribution is 5.98. The van der Waals surface area contributed by atoms with E-state index < -0.39 is 11.9 Å². The summed E-state index contributed by atoms with van der Waals surface area (Å²) < 4.78 is 13.9. The number of carbonyl (C=O) groups is 3. The van der Waals surface area contributed by atoms with Crippen LogP contribution in [0.3, 0.4) is 0 Å². The Morgan fingerprint density at radius 3 is 2.88 bits per heavy atom. The molecule has 2 aliphatic rings. The molecule has 1 aromatic heterocycles. The van der Waals surface area contributed by atoms with Gasteiger partial charge < -0.3 is 15.1 Å². The number of hydrogen-bond acceptors (Lipinski definition) is 4. The van der Waals surface area contributed by atoms with Crippen molar-refractivity contribution in [1.29, 1.82) is 0 Å². The molecule has 0 saturated carbocycles. The Kier molecular flexibility index (Phi) is 3.60. The Morgan fingerprint density at radius 1 is 1.20 bits per heavy atom. The maximum atomic E-state index is 13.9. The Bertz CT molecular complexity index is 901. The summed E-state index contributed by atoms with van der Waals surface area (Å²) in [5.74, 6) is -1.29. The van der Waals surface area contributed by atoms with Gasteiger partial charge in [0.1, 0.15) is 23.1 Å². The SMILES string of the molecule is O=C1NCC(=O)N2CCN(C(=O)c3ccc4cccc(F)c4n3)C[C@H]12. The molecule has 7 nitrogen and oxygen atoms in total. The van der Waals surface area contributed by atoms with E-state index in [4.69, 9.17) is 0 Å². The molecule has 1 N–H and O–H groups in total. The number of benzene rings is 1. The molecule has 2 aliphatic heterocycles. The topological polar surface area (TPSA) is 82.6 Å². The van der Waals surface area contributed by atoms with Gasteiger partial charge in [-0.3, -0.25) is 14.4 Å². The maximum Gasteiger partial charge on any atom is 0.272 e. The number of hydrogen-bond donors (Lipinski definition) is 1. The Labute approximate surface area is 142 Å². The summed E-state index contributed by atoms with van der Waals surface area (Å²) in [6.45, 7) is 0.706. The lowest BCUT2D eigenvalue weighted by Gasteiger charge is -2.42. The van der Waals surface area contributed by atoms with Crippen LogP contribution in [0.1, 0.15) is 10.5 Å². The minimum absolute atomic E-state index is 0.00517. The van der Waals surface area contributed by atoms with Gasteiger partial charge in [-0.15, -0.1) is 0 Å². The van der Waals surface area contributed by atoms with Gasteiger partial charge in [-0.2, -0.15) is 0 Å². The lowest BCUT2D eigenvalue weighted by Crippen LogP contribution is -2.66. The monoisotopic (exact) mass is 342 g/mol. The zero-order chi connectivity index (χ0) is 17.6. The molecule has 0 bridgehead atoms. The van der Waals surface area contributed by atoms with Crippen LogP contribution in [-0.4, -0.2) is 64.7 Å². The molecule has 0 spiro atoms. The number of para-hydroxylation sites is 1. The number of amides is 3. The number of rotatable bonds is 1. The van der Waals surface area contributed by atoms with E-state index in [0.29, 0.717) is 18.5 Å². The third-order valence-corrected chi connectivity index (χ3v) is 4.59. The van der Waals surface area contributed by atoms with Crippen LogP contribution >= 0.6 is 0 Å². The molecule has 4 rings (SSSR count). The Hall–Kier alpha value is -3.03. The van der Waals surface area contributed by atoms with Crippen LogP contribution in [0.2, 0.25) is 0 Å². The van der Waals surface area contributed by atoms with Crippen molar-refractivity contribution in [2.45, 2.75) is 6.04 Å². The smallest absolute Gasteiger partial charge is 0.272 e. The van der Waals surface area contributed by atoms with Gasteiger partial charge in [0.05, 0.1) is 13.1 Å². The standard InChI is InChI=1S/C17H15FN4O3/c18-11-3-1-2-10-4-5-12(20-15(10)11)17(25)21-6-7-22-13(9-21)16(24)19-8-14(22)23/h1-5,13H,6-9H2,(H,19,24)/t13-/m1/s1. The number of aromatic nitrogens is 1. The third-order valence-electron chi connectivity index (χ3n) is 4.59. The molecule has 1 atom stereocenters. The van der Waals surface area contributed by atoms with Gasteiger partial charge in [0.2, 0.25) is 11.8 Å². The summed E-state index contributed by atoms with van der Waals surface area (Å²) in [5, 5.41) is 3.14. The van der Waals surface area contributed by atoms with Gasteiger partial charge in [-0.05, 0) is 12.1 Å². The van der Waals surface area contributed by atoms with Gasteiger partial charge in [0, 0.05) is 18.5 Å². The molecule has 3 heterocycles. The van der Waals surface area contributed by atoms with Crippen molar-refractivity contribution in [2.24, 2.45) is 0 Å². The first-order valence-corrected chi connectivity index (χ1v) is 7.96. The van der Waals surface area contributed by atoms with E-state index in [9.17, 15) is 18.8 Å². The molecule has 2 aromatic rings. The minimum atomic E-state index is -0.684. The van der Waals surface area contributed by atoms with Crippen molar-refractivity contribution in [3.63, 3.8) is 0 Å². The summed E-state index contributed by atoms with van der Waals surface area (Å²) in [5.41, 5.74) is 0.256. The molecule has 25 heavy (non-hydrogen) atoms. The molecule has 0 unspecified atom stereocenters. The van der Waals surface area contributed by atoms with Crippen LogP contribution in [0, 0.1) is 5.82 Å². The van der Waals surface area contributed by atoms with E-state index in [1.165, 1.54) is 15.9 Å². The van der Waals surface area contributed by atoms with Crippen molar-refractivity contribution in [1.82, 2.24) is 20.1 Å². The van der Waals surface area contributed by atoms with Crippen LogP contribution in [0.15, 0.2) is 30.3 Å². The molecule has 0 radical (unpaired) electrons. The quantitative estimate of drug-likeness (QED) is 0.800. The van der Waals surface area contributed by atoms with Crippen molar-refractivity contribution < 1.29 is 18.8 Å². The van der Waals surface area contributed by atoms with Gasteiger partial charge in [0.15, 0.2) is 0 Å². The molecule has 2 saturated heterocycles. The zero-order valence-corrected chi connectivity index (χ0v) is 13.2. The Morgan fingerprint density at radius 2 is 2.04 bits per heavy atom. The fourth-order valence-electron chi connectivity index (χ4n) is 3.26. The first kappa shape index (κ1) is 15.5. The maximum absolute atomic E-state index is 13.9. The van der Waals surface area contributed by atoms with Crippen molar-refractivity contribution in [3.05, 3.63) is 41.8 Å². The number of halogens is 1. The second kappa shape index (κ2) is 5.80. The molecular weight excluding hydrogens is 327 g/mol. The van der Waals surface area contributed by atoms with E-state index in [1.54, 1.807) is 24.3 Å². The minimum Gasteiger partial charge on any atom is -0.345 e. The molecule has 3 amide bonds. The number of nitrogens with one attached hydrogen (secondary N) is 1. The van der Waals surface area contributed by atoms with Crippen LogP contribution in [0.4, 0.5) is 4.39 Å². The number of fused-ring (bicyclic) bond motifs is 2. The van der Waals surface area contributed by atoms with Crippen molar-refractivity contribution in [2.75, 3.05) is 26.2 Å². The average Bonchev–Trinajstić information content (AvgIpc) is 2.64.